The van der Waals surface area contributed by atoms with Crippen LogP contribution in [-0.4, -0.2) is 0 Å². The van der Waals surface area contributed by atoms with Gasteiger partial charge in [-0.3, -0.25) is 0 Å². The number of hydrogen-bond acceptors (Lipinski definition) is 2. The van der Waals surface area contributed by atoms with E-state index in [1.807, 2.05) is 0 Å². The Kier molecular flexibility index (Phi) is 8.55. The van der Waals surface area contributed by atoms with Crippen molar-refractivity contribution in [2.75, 3.05) is 9.80 Å². The smallest absolute Gasteiger partial charge is 0.0488 e. The van der Waals surface area contributed by atoms with E-state index in [1.165, 1.54) is 49.0 Å². The summed E-state index contributed by atoms with van der Waals surface area (Å²) in [6.07, 6.45) is 0. The van der Waals surface area contributed by atoms with E-state index in [1.54, 1.807) is 0 Å². The molecule has 0 aromatic heterocycles. The van der Waals surface area contributed by atoms with Crippen LogP contribution in [0, 0.1) is 0 Å². The average Bonchev–Trinajstić information content (AvgIpc) is 3.27. The molecule has 56 heavy (non-hydrogen) atoms. The van der Waals surface area contributed by atoms with Crippen LogP contribution in [0.5, 0.6) is 0 Å². The maximum absolute atomic E-state index is 2.39. The monoisotopic (exact) mass is 714 g/mol. The molecule has 0 aliphatic carbocycles. The number of rotatable bonds is 8. The van der Waals surface area contributed by atoms with Crippen LogP contribution in [0.1, 0.15) is 0 Å². The molecule has 0 saturated carbocycles. The lowest BCUT2D eigenvalue weighted by Gasteiger charge is -2.30. The minimum Gasteiger partial charge on any atom is -0.310 e. The van der Waals surface area contributed by atoms with E-state index in [4.69, 9.17) is 0 Å². The molecule has 0 radical (unpaired) electrons. The molecule has 0 amide bonds. The van der Waals surface area contributed by atoms with Gasteiger partial charge in [0.15, 0.2) is 0 Å². The fraction of sp³-hybridized carbons (Fsp3) is 0. The molecule has 0 atom stereocenters. The predicted molar refractivity (Wildman–Crippen MR) is 239 cm³/mol. The molecular formula is C54H38N2. The summed E-state index contributed by atoms with van der Waals surface area (Å²) in [6, 6.07) is 83.2. The Morgan fingerprint density at radius 2 is 0.661 bits per heavy atom. The standard InChI is InChI=1S/C54H38N2/c1-4-20-43(21-5-1)55(44-22-6-2-7-23-44)47-35-42(54-37-41-18-11-13-27-51(41)52-28-14-15-29-53(52)54)36-48(38-47)56(45-24-8-3-9-25-45)46-33-31-40(32-34-46)50-30-16-19-39-17-10-12-26-49(39)50/h1-38H. The molecule has 0 bridgehead atoms. The van der Waals surface area contributed by atoms with Crippen molar-refractivity contribution in [2.45, 2.75) is 0 Å². The molecular weight excluding hydrogens is 677 g/mol. The number of benzene rings is 10. The Balaban J connectivity index is 1.22. The third kappa shape index (κ3) is 6.14. The van der Waals surface area contributed by atoms with Gasteiger partial charge >= 0.3 is 0 Å². The normalized spacial score (nSPS) is 11.2. The summed E-state index contributed by atoms with van der Waals surface area (Å²) < 4.78 is 0. The first-order chi connectivity index (χ1) is 27.8. The van der Waals surface area contributed by atoms with Crippen LogP contribution < -0.4 is 9.80 Å². The van der Waals surface area contributed by atoms with E-state index in [9.17, 15) is 0 Å². The molecule has 0 aliphatic heterocycles. The van der Waals surface area contributed by atoms with Crippen LogP contribution in [0.4, 0.5) is 34.1 Å². The highest BCUT2D eigenvalue weighted by Gasteiger charge is 2.20. The first kappa shape index (κ1) is 33.2. The lowest BCUT2D eigenvalue weighted by atomic mass is 9.92. The first-order valence-electron chi connectivity index (χ1n) is 19.2. The Hall–Kier alpha value is -7.42. The summed E-state index contributed by atoms with van der Waals surface area (Å²) in [4.78, 5) is 4.75. The Morgan fingerprint density at radius 1 is 0.214 bits per heavy atom. The van der Waals surface area contributed by atoms with Gasteiger partial charge in [0.05, 0.1) is 0 Å². The first-order valence-corrected chi connectivity index (χ1v) is 19.2. The van der Waals surface area contributed by atoms with Crippen molar-refractivity contribution in [3.05, 3.63) is 231 Å². The number of nitrogens with zero attached hydrogens (tertiary/aromatic N) is 2. The molecule has 0 aliphatic rings. The second-order valence-corrected chi connectivity index (χ2v) is 14.2. The van der Waals surface area contributed by atoms with E-state index in [2.05, 4.69) is 240 Å². The van der Waals surface area contributed by atoms with Crippen LogP contribution in [-0.2, 0) is 0 Å². The third-order valence-electron chi connectivity index (χ3n) is 10.8. The quantitative estimate of drug-likeness (QED) is 0.145. The van der Waals surface area contributed by atoms with E-state index >= 15 is 0 Å². The zero-order chi connectivity index (χ0) is 37.3. The van der Waals surface area contributed by atoms with Crippen LogP contribution in [0.2, 0.25) is 0 Å². The molecule has 264 valence electrons. The summed E-state index contributed by atoms with van der Waals surface area (Å²) in [5, 5.41) is 7.46. The van der Waals surface area contributed by atoms with E-state index < -0.39 is 0 Å². The number of anilines is 6. The van der Waals surface area contributed by atoms with Gasteiger partial charge < -0.3 is 9.80 Å². The third-order valence-corrected chi connectivity index (χ3v) is 10.8. The zero-order valence-electron chi connectivity index (χ0n) is 30.8. The van der Waals surface area contributed by atoms with Crippen LogP contribution >= 0.6 is 0 Å². The van der Waals surface area contributed by atoms with Gasteiger partial charge in [-0.2, -0.15) is 0 Å². The predicted octanol–water partition coefficient (Wildman–Crippen LogP) is 15.4. The summed E-state index contributed by atoms with van der Waals surface area (Å²) in [5.41, 5.74) is 11.3. The number of fused-ring (bicyclic) bond motifs is 4. The van der Waals surface area contributed by atoms with Gasteiger partial charge in [-0.25, -0.2) is 0 Å². The van der Waals surface area contributed by atoms with Gasteiger partial charge in [-0.05, 0) is 127 Å². The number of hydrogen-bond donors (Lipinski definition) is 0. The maximum Gasteiger partial charge on any atom is 0.0488 e. The Bertz CT molecular complexity index is 2910. The van der Waals surface area contributed by atoms with Gasteiger partial charge in [0.25, 0.3) is 0 Å². The fourth-order valence-electron chi connectivity index (χ4n) is 8.19. The average molecular weight is 715 g/mol. The zero-order valence-corrected chi connectivity index (χ0v) is 30.8. The molecule has 10 aromatic carbocycles. The van der Waals surface area contributed by atoms with Crippen molar-refractivity contribution in [2.24, 2.45) is 0 Å². The van der Waals surface area contributed by atoms with Crippen molar-refractivity contribution < 1.29 is 0 Å². The largest absolute Gasteiger partial charge is 0.310 e. The Labute approximate surface area is 327 Å². The van der Waals surface area contributed by atoms with Gasteiger partial charge in [-0.15, -0.1) is 0 Å². The molecule has 10 rings (SSSR count). The van der Waals surface area contributed by atoms with Gasteiger partial charge in [0, 0.05) is 34.1 Å². The molecule has 10 aromatic rings. The van der Waals surface area contributed by atoms with E-state index in [0.29, 0.717) is 0 Å². The maximum atomic E-state index is 2.39. The molecule has 2 nitrogen and oxygen atoms in total. The van der Waals surface area contributed by atoms with Crippen molar-refractivity contribution in [1.82, 2.24) is 0 Å². The van der Waals surface area contributed by atoms with Crippen LogP contribution in [0.25, 0.3) is 54.6 Å². The van der Waals surface area contributed by atoms with Gasteiger partial charge in [-0.1, -0.05) is 158 Å². The molecule has 0 spiro atoms. The summed E-state index contributed by atoms with van der Waals surface area (Å²) in [5.74, 6) is 0. The molecule has 0 heterocycles. The Morgan fingerprint density at radius 3 is 1.25 bits per heavy atom. The second kappa shape index (κ2) is 14.4. The molecule has 2 heteroatoms. The van der Waals surface area contributed by atoms with E-state index in [0.717, 1.165) is 39.7 Å². The fourth-order valence-corrected chi connectivity index (χ4v) is 8.19. The minimum absolute atomic E-state index is 1.07. The molecule has 0 N–H and O–H groups in total. The van der Waals surface area contributed by atoms with Crippen molar-refractivity contribution >= 4 is 66.4 Å². The summed E-state index contributed by atoms with van der Waals surface area (Å²) in [6.45, 7) is 0. The molecule has 0 saturated heterocycles. The molecule has 0 fully saturated rings. The SMILES string of the molecule is c1ccc(N(c2ccccc2)c2cc(-c3cc4ccccc4c4ccccc34)cc(N(c3ccccc3)c3ccc(-c4cccc5ccccc45)cc3)c2)cc1. The van der Waals surface area contributed by atoms with Crippen LogP contribution in [0.3, 0.4) is 0 Å². The second-order valence-electron chi connectivity index (χ2n) is 14.2. The number of para-hydroxylation sites is 3. The van der Waals surface area contributed by atoms with Crippen molar-refractivity contribution in [1.29, 1.82) is 0 Å². The lowest BCUT2D eigenvalue weighted by molar-refractivity contribution is 1.25. The minimum atomic E-state index is 1.07. The van der Waals surface area contributed by atoms with E-state index in [-0.39, 0.29) is 0 Å². The molecule has 0 unspecified atom stereocenters. The van der Waals surface area contributed by atoms with Gasteiger partial charge in [0.1, 0.15) is 0 Å². The van der Waals surface area contributed by atoms with Crippen molar-refractivity contribution in [3.63, 3.8) is 0 Å². The summed E-state index contributed by atoms with van der Waals surface area (Å²) >= 11 is 0. The lowest BCUT2D eigenvalue weighted by Crippen LogP contribution is -2.13. The topological polar surface area (TPSA) is 6.48 Å². The highest BCUT2D eigenvalue weighted by molar-refractivity contribution is 6.14. The summed E-state index contributed by atoms with van der Waals surface area (Å²) in [7, 11) is 0. The van der Waals surface area contributed by atoms with Gasteiger partial charge in [0.2, 0.25) is 0 Å². The highest BCUT2D eigenvalue weighted by Crippen LogP contribution is 2.45. The van der Waals surface area contributed by atoms with Crippen LogP contribution in [0.15, 0.2) is 231 Å². The van der Waals surface area contributed by atoms with Crippen molar-refractivity contribution in [3.8, 4) is 22.3 Å². The highest BCUT2D eigenvalue weighted by atomic mass is 15.2.